The van der Waals surface area contributed by atoms with Crippen LogP contribution in [-0.4, -0.2) is 32.8 Å². The topological polar surface area (TPSA) is 95.6 Å². The SMILES string of the molecule is CCC(=O)N1CCc2cc(S(=O)(=O)NC(Cc3ccccc3)C(=O)Nc3ccc(C)cc3)ccc21. The van der Waals surface area contributed by atoms with Crippen LogP contribution in [-0.2, 0) is 32.5 Å². The molecule has 2 N–H and O–H groups in total. The van der Waals surface area contributed by atoms with Gasteiger partial charge >= 0.3 is 0 Å². The van der Waals surface area contributed by atoms with Crippen LogP contribution in [0, 0.1) is 6.92 Å². The highest BCUT2D eigenvalue weighted by Gasteiger charge is 2.29. The van der Waals surface area contributed by atoms with Crippen LogP contribution in [0.4, 0.5) is 11.4 Å². The van der Waals surface area contributed by atoms with Gasteiger partial charge in [-0.25, -0.2) is 8.42 Å². The third-order valence-corrected chi connectivity index (χ3v) is 7.55. The van der Waals surface area contributed by atoms with Crippen molar-refractivity contribution in [2.45, 2.75) is 44.0 Å². The summed E-state index contributed by atoms with van der Waals surface area (Å²) in [5, 5.41) is 2.82. The number of sulfonamides is 1. The van der Waals surface area contributed by atoms with E-state index in [2.05, 4.69) is 10.0 Å². The fourth-order valence-corrected chi connectivity index (χ4v) is 5.40. The van der Waals surface area contributed by atoms with Gasteiger partial charge < -0.3 is 10.2 Å². The maximum absolute atomic E-state index is 13.3. The quantitative estimate of drug-likeness (QED) is 0.501. The maximum atomic E-state index is 13.3. The average Bonchev–Trinajstić information content (AvgIpc) is 3.28. The lowest BCUT2D eigenvalue weighted by molar-refractivity contribution is -0.118. The van der Waals surface area contributed by atoms with E-state index in [9.17, 15) is 18.0 Å². The molecule has 0 aliphatic carbocycles. The van der Waals surface area contributed by atoms with Gasteiger partial charge in [-0.1, -0.05) is 55.0 Å². The monoisotopic (exact) mass is 491 g/mol. The molecule has 182 valence electrons. The van der Waals surface area contributed by atoms with Gasteiger partial charge in [-0.15, -0.1) is 0 Å². The summed E-state index contributed by atoms with van der Waals surface area (Å²) in [5.41, 5.74) is 4.03. The zero-order valence-electron chi connectivity index (χ0n) is 19.8. The smallest absolute Gasteiger partial charge is 0.242 e. The molecule has 3 aromatic rings. The lowest BCUT2D eigenvalue weighted by Gasteiger charge is -2.20. The van der Waals surface area contributed by atoms with E-state index < -0.39 is 22.0 Å². The first-order valence-electron chi connectivity index (χ1n) is 11.6. The Balaban J connectivity index is 1.58. The van der Waals surface area contributed by atoms with Gasteiger partial charge in [0.1, 0.15) is 6.04 Å². The standard InChI is InChI=1S/C27H29N3O4S/c1-3-26(31)30-16-15-21-18-23(13-14-25(21)30)35(33,34)29-24(17-20-7-5-4-6-8-20)27(32)28-22-11-9-19(2)10-12-22/h4-14,18,24,29H,3,15-17H2,1-2H3,(H,28,32). The number of anilines is 2. The summed E-state index contributed by atoms with van der Waals surface area (Å²) in [6.45, 7) is 4.29. The van der Waals surface area contributed by atoms with Crippen molar-refractivity contribution in [2.24, 2.45) is 0 Å². The number of rotatable bonds is 8. The van der Waals surface area contributed by atoms with Crippen LogP contribution < -0.4 is 14.9 Å². The van der Waals surface area contributed by atoms with E-state index in [1.54, 1.807) is 36.1 Å². The number of fused-ring (bicyclic) bond motifs is 1. The highest BCUT2D eigenvalue weighted by Crippen LogP contribution is 2.30. The number of aryl methyl sites for hydroxylation is 1. The van der Waals surface area contributed by atoms with Gasteiger partial charge in [0.25, 0.3) is 0 Å². The second kappa shape index (κ2) is 10.4. The Labute approximate surface area is 206 Å². The molecule has 0 bridgehead atoms. The number of amides is 2. The second-order valence-electron chi connectivity index (χ2n) is 8.66. The molecule has 4 rings (SSSR count). The van der Waals surface area contributed by atoms with Crippen molar-refractivity contribution < 1.29 is 18.0 Å². The van der Waals surface area contributed by atoms with E-state index in [1.807, 2.05) is 49.4 Å². The van der Waals surface area contributed by atoms with Crippen molar-refractivity contribution in [3.05, 3.63) is 89.5 Å². The molecule has 35 heavy (non-hydrogen) atoms. The van der Waals surface area contributed by atoms with Crippen LogP contribution in [0.3, 0.4) is 0 Å². The molecule has 0 fully saturated rings. The summed E-state index contributed by atoms with van der Waals surface area (Å²) in [7, 11) is -4.00. The van der Waals surface area contributed by atoms with Crippen LogP contribution in [0.2, 0.25) is 0 Å². The van der Waals surface area contributed by atoms with E-state index in [0.717, 1.165) is 22.4 Å². The van der Waals surface area contributed by atoms with E-state index in [4.69, 9.17) is 0 Å². The molecule has 0 saturated heterocycles. The molecule has 0 radical (unpaired) electrons. The zero-order valence-corrected chi connectivity index (χ0v) is 20.6. The lowest BCUT2D eigenvalue weighted by Crippen LogP contribution is -2.45. The van der Waals surface area contributed by atoms with Crippen LogP contribution >= 0.6 is 0 Å². The molecule has 0 saturated carbocycles. The van der Waals surface area contributed by atoms with Crippen molar-refractivity contribution in [1.29, 1.82) is 0 Å². The van der Waals surface area contributed by atoms with Gasteiger partial charge in [0.15, 0.2) is 0 Å². The van der Waals surface area contributed by atoms with Crippen molar-refractivity contribution in [3.63, 3.8) is 0 Å². The molecule has 1 heterocycles. The number of nitrogens with one attached hydrogen (secondary N) is 2. The summed E-state index contributed by atoms with van der Waals surface area (Å²) in [6, 6.07) is 20.3. The first-order chi connectivity index (χ1) is 16.8. The van der Waals surface area contributed by atoms with E-state index in [-0.39, 0.29) is 17.2 Å². The predicted molar refractivity (Wildman–Crippen MR) is 137 cm³/mol. The van der Waals surface area contributed by atoms with E-state index in [1.165, 1.54) is 6.07 Å². The van der Waals surface area contributed by atoms with Crippen LogP contribution in [0.25, 0.3) is 0 Å². The predicted octanol–water partition coefficient (Wildman–Crippen LogP) is 3.82. The maximum Gasteiger partial charge on any atom is 0.242 e. The minimum absolute atomic E-state index is 0.00758. The summed E-state index contributed by atoms with van der Waals surface area (Å²) < 4.78 is 29.3. The minimum Gasteiger partial charge on any atom is -0.325 e. The average molecular weight is 492 g/mol. The number of nitrogens with zero attached hydrogens (tertiary/aromatic N) is 1. The first kappa shape index (κ1) is 24.6. The number of carbonyl (C=O) groups is 2. The fourth-order valence-electron chi connectivity index (χ4n) is 4.15. The van der Waals surface area contributed by atoms with Gasteiger partial charge in [-0.3, -0.25) is 9.59 Å². The third-order valence-electron chi connectivity index (χ3n) is 6.08. The minimum atomic E-state index is -4.00. The highest BCUT2D eigenvalue weighted by molar-refractivity contribution is 7.89. The number of benzene rings is 3. The molecule has 8 heteroatoms. The zero-order chi connectivity index (χ0) is 25.0. The molecular weight excluding hydrogens is 462 g/mol. The molecular formula is C27H29N3O4S. The van der Waals surface area contributed by atoms with Gasteiger partial charge in [0.2, 0.25) is 21.8 Å². The lowest BCUT2D eigenvalue weighted by atomic mass is 10.1. The number of carbonyl (C=O) groups excluding carboxylic acids is 2. The Morgan fingerprint density at radius 1 is 1.00 bits per heavy atom. The summed E-state index contributed by atoms with van der Waals surface area (Å²) in [5.74, 6) is -0.435. The van der Waals surface area contributed by atoms with Crippen molar-refractivity contribution in [1.82, 2.24) is 4.72 Å². The van der Waals surface area contributed by atoms with Crippen molar-refractivity contribution in [2.75, 3.05) is 16.8 Å². The van der Waals surface area contributed by atoms with E-state index in [0.29, 0.717) is 25.1 Å². The molecule has 7 nitrogen and oxygen atoms in total. The Morgan fingerprint density at radius 3 is 2.40 bits per heavy atom. The Bertz CT molecular complexity index is 1320. The molecule has 0 spiro atoms. The van der Waals surface area contributed by atoms with Gasteiger partial charge in [0.05, 0.1) is 4.90 Å². The molecule has 1 atom stereocenters. The van der Waals surface area contributed by atoms with Crippen LogP contribution in [0.15, 0.2) is 77.7 Å². The highest BCUT2D eigenvalue weighted by atomic mass is 32.2. The number of hydrogen-bond acceptors (Lipinski definition) is 4. The van der Waals surface area contributed by atoms with Crippen molar-refractivity contribution in [3.8, 4) is 0 Å². The Hall–Kier alpha value is -3.49. The van der Waals surface area contributed by atoms with Crippen molar-refractivity contribution >= 4 is 33.2 Å². The molecule has 0 aromatic heterocycles. The van der Waals surface area contributed by atoms with Crippen LogP contribution in [0.1, 0.15) is 30.0 Å². The second-order valence-corrected chi connectivity index (χ2v) is 10.4. The van der Waals surface area contributed by atoms with Crippen LogP contribution in [0.5, 0.6) is 0 Å². The first-order valence-corrected chi connectivity index (χ1v) is 13.1. The molecule has 1 unspecified atom stereocenters. The van der Waals surface area contributed by atoms with Gasteiger partial charge in [-0.05, 0) is 61.2 Å². The fraction of sp³-hybridized carbons (Fsp3) is 0.259. The number of hydrogen-bond donors (Lipinski definition) is 2. The summed E-state index contributed by atoms with van der Waals surface area (Å²) in [4.78, 5) is 27.1. The Kier molecular flexibility index (Phi) is 7.33. The molecule has 3 aromatic carbocycles. The summed E-state index contributed by atoms with van der Waals surface area (Å²) >= 11 is 0. The summed E-state index contributed by atoms with van der Waals surface area (Å²) in [6.07, 6.45) is 1.17. The van der Waals surface area contributed by atoms with Gasteiger partial charge in [-0.2, -0.15) is 4.72 Å². The third kappa shape index (κ3) is 5.78. The Morgan fingerprint density at radius 2 is 1.71 bits per heavy atom. The molecule has 1 aliphatic rings. The normalized spacial score (nSPS) is 13.8. The van der Waals surface area contributed by atoms with E-state index >= 15 is 0 Å². The molecule has 1 aliphatic heterocycles. The molecule has 2 amide bonds. The van der Waals surface area contributed by atoms with Gasteiger partial charge in [0, 0.05) is 24.3 Å². The largest absolute Gasteiger partial charge is 0.325 e.